The Morgan fingerprint density at radius 2 is 2.12 bits per heavy atom. The number of nitrogens with zero attached hydrogens (tertiary/aromatic N) is 1. The Labute approximate surface area is 111 Å². The van der Waals surface area contributed by atoms with E-state index in [0.29, 0.717) is 12.6 Å². The van der Waals surface area contributed by atoms with Crippen LogP contribution in [0, 0.1) is 5.41 Å². The van der Waals surface area contributed by atoms with Crippen LogP contribution in [0.15, 0.2) is 15.9 Å². The Morgan fingerprint density at radius 3 is 2.50 bits per heavy atom. The summed E-state index contributed by atoms with van der Waals surface area (Å²) in [6, 6.07) is 2.59. The summed E-state index contributed by atoms with van der Waals surface area (Å²) in [5.41, 5.74) is 6.09. The first-order chi connectivity index (χ1) is 7.34. The van der Waals surface area contributed by atoms with Gasteiger partial charge in [0.25, 0.3) is 0 Å². The van der Waals surface area contributed by atoms with Gasteiger partial charge in [-0.1, -0.05) is 20.8 Å². The molecule has 0 saturated carbocycles. The number of nitrogens with two attached hydrogens (primary N) is 1. The monoisotopic (exact) mass is 304 g/mol. The number of hydrogen-bond acceptors (Lipinski definition) is 3. The largest absolute Gasteiger partial charge is 0.329 e. The Kier molecular flexibility index (Phi) is 4.98. The number of thiophene rings is 1. The zero-order valence-electron chi connectivity index (χ0n) is 10.5. The molecule has 1 aromatic rings. The van der Waals surface area contributed by atoms with Crippen LogP contribution in [0.25, 0.3) is 0 Å². The van der Waals surface area contributed by atoms with Crippen molar-refractivity contribution in [1.29, 1.82) is 0 Å². The summed E-state index contributed by atoms with van der Waals surface area (Å²) in [5, 5.41) is 2.12. The zero-order valence-corrected chi connectivity index (χ0v) is 12.9. The van der Waals surface area contributed by atoms with Crippen LogP contribution in [-0.4, -0.2) is 24.5 Å². The summed E-state index contributed by atoms with van der Waals surface area (Å²) in [6.07, 6.45) is 0. The van der Waals surface area contributed by atoms with Crippen LogP contribution >= 0.6 is 27.3 Å². The summed E-state index contributed by atoms with van der Waals surface area (Å²) >= 11 is 5.27. The van der Waals surface area contributed by atoms with Crippen molar-refractivity contribution < 1.29 is 0 Å². The molecule has 2 N–H and O–H groups in total. The van der Waals surface area contributed by atoms with Crippen molar-refractivity contribution in [3.8, 4) is 0 Å². The Morgan fingerprint density at radius 1 is 1.50 bits per heavy atom. The van der Waals surface area contributed by atoms with E-state index in [1.807, 2.05) is 0 Å². The smallest absolute Gasteiger partial charge is 0.0328 e. The lowest BCUT2D eigenvalue weighted by Gasteiger charge is -2.37. The minimum Gasteiger partial charge on any atom is -0.329 e. The predicted octanol–water partition coefficient (Wildman–Crippen LogP) is 3.32. The van der Waals surface area contributed by atoms with Gasteiger partial charge in [0.05, 0.1) is 0 Å². The first-order valence-corrected chi connectivity index (χ1v) is 7.15. The van der Waals surface area contributed by atoms with Crippen LogP contribution < -0.4 is 5.73 Å². The molecule has 0 aromatic carbocycles. The van der Waals surface area contributed by atoms with Crippen LogP contribution in [-0.2, 0) is 6.54 Å². The minimum atomic E-state index is 0.220. The molecule has 1 rings (SSSR count). The lowest BCUT2D eigenvalue weighted by atomic mass is 9.86. The molecular formula is C12H21BrN2S. The highest BCUT2D eigenvalue weighted by Crippen LogP contribution is 2.26. The van der Waals surface area contributed by atoms with Crippen molar-refractivity contribution in [2.45, 2.75) is 33.4 Å². The molecule has 92 valence electrons. The van der Waals surface area contributed by atoms with E-state index < -0.39 is 0 Å². The molecule has 1 atom stereocenters. The van der Waals surface area contributed by atoms with Crippen molar-refractivity contribution in [1.82, 2.24) is 4.90 Å². The molecule has 0 aliphatic rings. The van der Waals surface area contributed by atoms with Gasteiger partial charge in [-0.25, -0.2) is 0 Å². The fourth-order valence-electron chi connectivity index (χ4n) is 1.99. The van der Waals surface area contributed by atoms with E-state index in [-0.39, 0.29) is 5.41 Å². The molecule has 1 unspecified atom stereocenters. The fraction of sp³-hybridized carbons (Fsp3) is 0.667. The highest BCUT2D eigenvalue weighted by atomic mass is 79.9. The van der Waals surface area contributed by atoms with Crippen LogP contribution in [0.2, 0.25) is 0 Å². The highest BCUT2D eigenvalue weighted by Gasteiger charge is 2.27. The molecule has 0 aliphatic carbocycles. The summed E-state index contributed by atoms with van der Waals surface area (Å²) in [5.74, 6) is 0. The molecule has 0 aliphatic heterocycles. The second kappa shape index (κ2) is 5.63. The van der Waals surface area contributed by atoms with Gasteiger partial charge in [0.1, 0.15) is 0 Å². The van der Waals surface area contributed by atoms with Gasteiger partial charge in [-0.2, -0.15) is 0 Å². The Balaban J connectivity index is 2.66. The quantitative estimate of drug-likeness (QED) is 0.924. The second-order valence-electron chi connectivity index (χ2n) is 5.26. The van der Waals surface area contributed by atoms with Crippen molar-refractivity contribution in [2.24, 2.45) is 11.1 Å². The lowest BCUT2D eigenvalue weighted by Crippen LogP contribution is -2.46. The topological polar surface area (TPSA) is 29.3 Å². The van der Waals surface area contributed by atoms with E-state index in [0.717, 1.165) is 6.54 Å². The number of likely N-dealkylation sites (N-methyl/N-ethyl adjacent to an activating group) is 1. The van der Waals surface area contributed by atoms with E-state index in [4.69, 9.17) is 5.73 Å². The summed E-state index contributed by atoms with van der Waals surface area (Å²) in [6.45, 7) is 8.39. The average molecular weight is 305 g/mol. The predicted molar refractivity (Wildman–Crippen MR) is 75.8 cm³/mol. The van der Waals surface area contributed by atoms with E-state index in [1.165, 1.54) is 9.35 Å². The maximum Gasteiger partial charge on any atom is 0.0328 e. The maximum atomic E-state index is 5.87. The van der Waals surface area contributed by atoms with Gasteiger partial charge < -0.3 is 5.73 Å². The summed E-state index contributed by atoms with van der Waals surface area (Å²) in [7, 11) is 2.15. The van der Waals surface area contributed by atoms with Gasteiger partial charge in [-0.3, -0.25) is 4.90 Å². The number of halogens is 1. The fourth-order valence-corrected chi connectivity index (χ4v) is 3.50. The molecule has 4 heteroatoms. The van der Waals surface area contributed by atoms with Gasteiger partial charge in [0, 0.05) is 33.9 Å². The van der Waals surface area contributed by atoms with Crippen molar-refractivity contribution >= 4 is 27.3 Å². The lowest BCUT2D eigenvalue weighted by molar-refractivity contribution is 0.126. The Hall–Kier alpha value is 0.1000. The summed E-state index contributed by atoms with van der Waals surface area (Å²) in [4.78, 5) is 3.72. The zero-order chi connectivity index (χ0) is 12.3. The SMILES string of the molecule is CN(Cc1cc(Br)cs1)C(CN)C(C)(C)C. The molecule has 1 heterocycles. The molecule has 0 amide bonds. The van der Waals surface area contributed by atoms with Gasteiger partial charge in [0.2, 0.25) is 0 Å². The number of hydrogen-bond donors (Lipinski definition) is 1. The third-order valence-corrected chi connectivity index (χ3v) is 4.46. The molecule has 0 fully saturated rings. The van der Waals surface area contributed by atoms with E-state index in [2.05, 4.69) is 60.1 Å². The maximum absolute atomic E-state index is 5.87. The van der Waals surface area contributed by atoms with Crippen LogP contribution in [0.3, 0.4) is 0 Å². The summed E-state index contributed by atoms with van der Waals surface area (Å²) < 4.78 is 1.17. The van der Waals surface area contributed by atoms with E-state index in [1.54, 1.807) is 11.3 Å². The number of rotatable bonds is 4. The Bertz CT molecular complexity index is 330. The first-order valence-electron chi connectivity index (χ1n) is 5.48. The van der Waals surface area contributed by atoms with E-state index in [9.17, 15) is 0 Å². The van der Waals surface area contributed by atoms with Crippen LogP contribution in [0.5, 0.6) is 0 Å². The molecule has 0 bridgehead atoms. The van der Waals surface area contributed by atoms with Crippen molar-refractivity contribution in [3.63, 3.8) is 0 Å². The molecule has 1 aromatic heterocycles. The van der Waals surface area contributed by atoms with Gasteiger partial charge in [-0.15, -0.1) is 11.3 Å². The molecule has 0 spiro atoms. The highest BCUT2D eigenvalue weighted by molar-refractivity contribution is 9.10. The second-order valence-corrected chi connectivity index (χ2v) is 7.18. The van der Waals surface area contributed by atoms with Crippen molar-refractivity contribution in [3.05, 3.63) is 20.8 Å². The molecule has 2 nitrogen and oxygen atoms in total. The minimum absolute atomic E-state index is 0.220. The van der Waals surface area contributed by atoms with Gasteiger partial charge >= 0.3 is 0 Å². The van der Waals surface area contributed by atoms with Gasteiger partial charge in [-0.05, 0) is 34.5 Å². The first kappa shape index (κ1) is 14.2. The normalized spacial score (nSPS) is 14.4. The molecule has 0 radical (unpaired) electrons. The van der Waals surface area contributed by atoms with E-state index >= 15 is 0 Å². The molecular weight excluding hydrogens is 284 g/mol. The van der Waals surface area contributed by atoms with Crippen molar-refractivity contribution in [2.75, 3.05) is 13.6 Å². The average Bonchev–Trinajstić information content (AvgIpc) is 2.49. The van der Waals surface area contributed by atoms with Crippen LogP contribution in [0.1, 0.15) is 25.6 Å². The van der Waals surface area contributed by atoms with Gasteiger partial charge in [0.15, 0.2) is 0 Å². The third kappa shape index (κ3) is 3.84. The van der Waals surface area contributed by atoms with Crippen LogP contribution in [0.4, 0.5) is 0 Å². The molecule has 16 heavy (non-hydrogen) atoms. The third-order valence-electron chi connectivity index (χ3n) is 2.78. The standard InChI is InChI=1S/C12H21BrN2S/c1-12(2,3)11(6-14)15(4)7-10-5-9(13)8-16-10/h5,8,11H,6-7,14H2,1-4H3. The molecule has 0 saturated heterocycles.